The summed E-state index contributed by atoms with van der Waals surface area (Å²) in [5.74, 6) is -1.28. The Morgan fingerprint density at radius 1 is 1.23 bits per heavy atom. The number of amides is 2. The maximum atomic E-state index is 12.5. The predicted molar refractivity (Wildman–Crippen MR) is 110 cm³/mol. The van der Waals surface area contributed by atoms with Gasteiger partial charge < -0.3 is 19.6 Å². The van der Waals surface area contributed by atoms with Crippen LogP contribution in [0.2, 0.25) is 0 Å². The third kappa shape index (κ3) is 4.03. The summed E-state index contributed by atoms with van der Waals surface area (Å²) in [5.41, 5.74) is 2.24. The van der Waals surface area contributed by atoms with Crippen LogP contribution in [0.3, 0.4) is 0 Å². The van der Waals surface area contributed by atoms with Gasteiger partial charge in [0, 0.05) is 12.5 Å². The van der Waals surface area contributed by atoms with Crippen LogP contribution in [0.15, 0.2) is 58.7 Å². The second kappa shape index (κ2) is 8.41. The Morgan fingerprint density at radius 2 is 2.00 bits per heavy atom. The normalized spacial score (nSPS) is 13.6. The summed E-state index contributed by atoms with van der Waals surface area (Å²) in [4.78, 5) is 42.0. The van der Waals surface area contributed by atoms with Crippen LogP contribution in [-0.4, -0.2) is 53.0 Å². The van der Waals surface area contributed by atoms with E-state index < -0.39 is 17.8 Å². The minimum atomic E-state index is -0.584. The molecule has 0 spiro atoms. The Labute approximate surface area is 176 Å². The van der Waals surface area contributed by atoms with Crippen molar-refractivity contribution in [2.75, 3.05) is 25.6 Å². The Kier molecular flexibility index (Phi) is 5.50. The van der Waals surface area contributed by atoms with Crippen LogP contribution in [0.25, 0.3) is 11.1 Å². The molecule has 9 heteroatoms. The molecule has 1 aromatic heterocycles. The standard InChI is InChI=1S/C22H19N3O6/c1-30-22(29)14-10-15(23-17-12-19(27)25(7-8-26)21(17)28)20-16(11-14)24-18(31-20)9-13-5-3-2-4-6-13/h2-6,10-12,23,26H,7-9H2,1H3. The molecule has 0 fully saturated rings. The molecule has 2 heterocycles. The zero-order valence-corrected chi connectivity index (χ0v) is 16.6. The number of aromatic nitrogens is 1. The summed E-state index contributed by atoms with van der Waals surface area (Å²) < 4.78 is 10.7. The lowest BCUT2D eigenvalue weighted by Gasteiger charge is -2.13. The number of nitrogens with one attached hydrogen (secondary N) is 1. The smallest absolute Gasteiger partial charge is 0.338 e. The summed E-state index contributed by atoms with van der Waals surface area (Å²) in [7, 11) is 1.26. The van der Waals surface area contributed by atoms with E-state index >= 15 is 0 Å². The number of fused-ring (bicyclic) bond motifs is 1. The maximum absolute atomic E-state index is 12.5. The van der Waals surface area contributed by atoms with Gasteiger partial charge in [0.15, 0.2) is 11.5 Å². The average Bonchev–Trinajstić information content (AvgIpc) is 3.29. The maximum Gasteiger partial charge on any atom is 0.338 e. The third-order valence-electron chi connectivity index (χ3n) is 4.76. The number of β-amino-alcohol motifs (C(OH)–C–C–N with tert-alkyl or cyclic N) is 1. The molecule has 0 atom stereocenters. The number of ether oxygens (including phenoxy) is 1. The molecular weight excluding hydrogens is 402 g/mol. The first-order valence-corrected chi connectivity index (χ1v) is 9.51. The van der Waals surface area contributed by atoms with E-state index in [0.717, 1.165) is 16.5 Å². The highest BCUT2D eigenvalue weighted by Gasteiger charge is 2.31. The van der Waals surface area contributed by atoms with Crippen molar-refractivity contribution in [2.24, 2.45) is 0 Å². The summed E-state index contributed by atoms with van der Waals surface area (Å²) in [5, 5.41) is 11.9. The van der Waals surface area contributed by atoms with Gasteiger partial charge in [-0.25, -0.2) is 9.78 Å². The number of methoxy groups -OCH3 is 1. The van der Waals surface area contributed by atoms with Crippen molar-refractivity contribution in [3.8, 4) is 0 Å². The topological polar surface area (TPSA) is 122 Å². The third-order valence-corrected chi connectivity index (χ3v) is 4.76. The van der Waals surface area contributed by atoms with E-state index in [1.54, 1.807) is 6.07 Å². The first-order valence-electron chi connectivity index (χ1n) is 9.51. The largest absolute Gasteiger partial charge is 0.465 e. The highest BCUT2D eigenvalue weighted by molar-refractivity contribution is 6.18. The lowest BCUT2D eigenvalue weighted by molar-refractivity contribution is -0.137. The van der Waals surface area contributed by atoms with Gasteiger partial charge in [-0.1, -0.05) is 30.3 Å². The molecule has 2 aromatic carbocycles. The first kappa shape index (κ1) is 20.3. The number of benzene rings is 2. The molecular formula is C22H19N3O6. The Bertz CT molecular complexity index is 1200. The number of anilines is 1. The molecule has 1 aliphatic heterocycles. The zero-order chi connectivity index (χ0) is 22.0. The Balaban J connectivity index is 1.72. The molecule has 0 unspecified atom stereocenters. The van der Waals surface area contributed by atoms with E-state index in [-0.39, 0.29) is 24.4 Å². The minimum Gasteiger partial charge on any atom is -0.465 e. The Morgan fingerprint density at radius 3 is 2.71 bits per heavy atom. The number of hydrogen-bond donors (Lipinski definition) is 2. The second-order valence-electron chi connectivity index (χ2n) is 6.84. The molecule has 158 valence electrons. The molecule has 4 rings (SSSR count). The summed E-state index contributed by atoms with van der Waals surface area (Å²) in [6.07, 6.45) is 1.57. The molecule has 0 saturated heterocycles. The SMILES string of the molecule is COC(=O)c1cc(NC2=CC(=O)N(CCO)C2=O)c2oc(Cc3ccccc3)nc2c1. The molecule has 3 aromatic rings. The van der Waals surface area contributed by atoms with Crippen molar-refractivity contribution in [2.45, 2.75) is 6.42 Å². The molecule has 2 N–H and O–H groups in total. The van der Waals surface area contributed by atoms with E-state index in [4.69, 9.17) is 14.3 Å². The number of carbonyl (C=O) groups excluding carboxylic acids is 3. The van der Waals surface area contributed by atoms with Crippen molar-refractivity contribution >= 4 is 34.6 Å². The molecule has 9 nitrogen and oxygen atoms in total. The molecule has 0 bridgehead atoms. The lowest BCUT2D eigenvalue weighted by atomic mass is 10.1. The molecule has 0 saturated carbocycles. The van der Waals surface area contributed by atoms with E-state index in [0.29, 0.717) is 29.1 Å². The van der Waals surface area contributed by atoms with Crippen LogP contribution in [0.4, 0.5) is 5.69 Å². The van der Waals surface area contributed by atoms with E-state index in [9.17, 15) is 14.4 Å². The molecule has 31 heavy (non-hydrogen) atoms. The number of oxazole rings is 1. The highest BCUT2D eigenvalue weighted by Crippen LogP contribution is 2.30. The van der Waals surface area contributed by atoms with Crippen molar-refractivity contribution in [3.63, 3.8) is 0 Å². The molecule has 2 amide bonds. The van der Waals surface area contributed by atoms with Gasteiger partial charge in [0.05, 0.1) is 31.5 Å². The predicted octanol–water partition coefficient (Wildman–Crippen LogP) is 1.86. The fraction of sp³-hybridized carbons (Fsp3) is 0.182. The van der Waals surface area contributed by atoms with E-state index in [2.05, 4.69) is 10.3 Å². The molecule has 1 aliphatic rings. The van der Waals surface area contributed by atoms with Crippen molar-refractivity contribution in [3.05, 3.63) is 71.3 Å². The number of rotatable bonds is 7. The van der Waals surface area contributed by atoms with Gasteiger partial charge >= 0.3 is 5.97 Å². The second-order valence-corrected chi connectivity index (χ2v) is 6.84. The van der Waals surface area contributed by atoms with Gasteiger partial charge in [-0.2, -0.15) is 0 Å². The van der Waals surface area contributed by atoms with Crippen LogP contribution >= 0.6 is 0 Å². The lowest BCUT2D eigenvalue weighted by Crippen LogP contribution is -2.34. The zero-order valence-electron chi connectivity index (χ0n) is 16.6. The van der Waals surface area contributed by atoms with Gasteiger partial charge in [0.25, 0.3) is 11.8 Å². The van der Waals surface area contributed by atoms with Gasteiger partial charge in [0.1, 0.15) is 11.2 Å². The fourth-order valence-corrected chi connectivity index (χ4v) is 3.31. The van der Waals surface area contributed by atoms with Crippen LogP contribution in [-0.2, 0) is 20.7 Å². The monoisotopic (exact) mass is 421 g/mol. The van der Waals surface area contributed by atoms with Crippen molar-refractivity contribution in [1.82, 2.24) is 9.88 Å². The Hall–Kier alpha value is -3.98. The van der Waals surface area contributed by atoms with Crippen molar-refractivity contribution in [1.29, 1.82) is 0 Å². The highest BCUT2D eigenvalue weighted by atomic mass is 16.5. The van der Waals surface area contributed by atoms with Crippen LogP contribution < -0.4 is 5.32 Å². The van der Waals surface area contributed by atoms with Gasteiger partial charge in [-0.15, -0.1) is 0 Å². The molecule has 0 aliphatic carbocycles. The quantitative estimate of drug-likeness (QED) is 0.438. The van der Waals surface area contributed by atoms with Gasteiger partial charge in [-0.05, 0) is 17.7 Å². The van der Waals surface area contributed by atoms with Gasteiger partial charge in [0.2, 0.25) is 0 Å². The number of imide groups is 1. The van der Waals surface area contributed by atoms with Crippen LogP contribution in [0.5, 0.6) is 0 Å². The van der Waals surface area contributed by atoms with Gasteiger partial charge in [-0.3, -0.25) is 14.5 Å². The van der Waals surface area contributed by atoms with Crippen LogP contribution in [0.1, 0.15) is 21.8 Å². The number of hydrogen-bond acceptors (Lipinski definition) is 8. The van der Waals surface area contributed by atoms with E-state index in [1.165, 1.54) is 13.2 Å². The van der Waals surface area contributed by atoms with Crippen molar-refractivity contribution < 1.29 is 28.6 Å². The summed E-state index contributed by atoms with van der Waals surface area (Å²) in [6, 6.07) is 12.6. The fourth-order valence-electron chi connectivity index (χ4n) is 3.31. The number of aliphatic hydroxyl groups is 1. The number of aliphatic hydroxyl groups excluding tert-OH is 1. The number of esters is 1. The average molecular weight is 421 g/mol. The number of nitrogens with zero attached hydrogens (tertiary/aromatic N) is 2. The van der Waals surface area contributed by atoms with E-state index in [1.807, 2.05) is 30.3 Å². The summed E-state index contributed by atoms with van der Waals surface area (Å²) >= 11 is 0. The number of carbonyl (C=O) groups is 3. The van der Waals surface area contributed by atoms with Crippen LogP contribution in [0, 0.1) is 0 Å². The molecule has 0 radical (unpaired) electrons. The summed E-state index contributed by atoms with van der Waals surface area (Å²) in [6.45, 7) is -0.452. The first-order chi connectivity index (χ1) is 15.0. The minimum absolute atomic E-state index is 0.00257.